The van der Waals surface area contributed by atoms with E-state index in [2.05, 4.69) is 27.0 Å². The number of para-hydroxylation sites is 2. The number of hydrogen-bond donors (Lipinski definition) is 2. The lowest BCUT2D eigenvalue weighted by Crippen LogP contribution is -2.36. The first kappa shape index (κ1) is 28.0. The smallest absolute Gasteiger partial charge is 0.241 e. The first-order chi connectivity index (χ1) is 19.9. The molecular weight excluding hydrogens is 547 g/mol. The quantitative estimate of drug-likeness (QED) is 0.240. The number of pyridine rings is 1. The molecule has 1 fully saturated rings. The highest BCUT2D eigenvalue weighted by atomic mass is 32.1. The van der Waals surface area contributed by atoms with Crippen LogP contribution >= 0.6 is 11.3 Å². The van der Waals surface area contributed by atoms with Crippen molar-refractivity contribution in [2.24, 2.45) is 5.73 Å². The number of benzene rings is 2. The molecule has 0 saturated carbocycles. The van der Waals surface area contributed by atoms with Crippen molar-refractivity contribution in [2.75, 3.05) is 45.3 Å². The monoisotopic (exact) mass is 574 g/mol. The van der Waals surface area contributed by atoms with Crippen molar-refractivity contribution < 1.29 is 28.2 Å². The summed E-state index contributed by atoms with van der Waals surface area (Å²) >= 11 is 1.40. The molecule has 1 aliphatic rings. The average molecular weight is 575 g/mol. The number of nitrogens with one attached hydrogen (secondary N) is 1. The van der Waals surface area contributed by atoms with Gasteiger partial charge in [-0.05, 0) is 35.9 Å². The Labute approximate surface area is 240 Å². The molecule has 0 aliphatic carbocycles. The van der Waals surface area contributed by atoms with E-state index in [1.54, 1.807) is 36.5 Å². The van der Waals surface area contributed by atoms with Crippen LogP contribution in [0.2, 0.25) is 0 Å². The molecule has 11 heteroatoms. The molecule has 5 rings (SSSR count). The number of aromatic nitrogens is 1. The second-order valence-electron chi connectivity index (χ2n) is 9.14. The Morgan fingerprint density at radius 3 is 2.71 bits per heavy atom. The lowest BCUT2D eigenvalue weighted by atomic mass is 9.97. The summed E-state index contributed by atoms with van der Waals surface area (Å²) in [5, 5.41) is 2.63. The number of methoxy groups -OCH3 is 1. The molecule has 1 aliphatic heterocycles. The zero-order valence-electron chi connectivity index (χ0n) is 22.2. The Hall–Kier alpha value is -4.50. The lowest BCUT2D eigenvalue weighted by molar-refractivity contribution is -0.127. The highest BCUT2D eigenvalue weighted by Crippen LogP contribution is 2.36. The Bertz CT molecular complexity index is 1640. The number of hydrogen-bond acceptors (Lipinski definition) is 8. The summed E-state index contributed by atoms with van der Waals surface area (Å²) in [4.78, 5) is 32.6. The van der Waals surface area contributed by atoms with E-state index in [0.29, 0.717) is 42.5 Å². The molecule has 9 nitrogen and oxygen atoms in total. The normalized spacial score (nSPS) is 14.1. The van der Waals surface area contributed by atoms with E-state index >= 15 is 4.39 Å². The van der Waals surface area contributed by atoms with Crippen LogP contribution in [0.3, 0.4) is 0 Å². The number of nitrogens with two attached hydrogens (primary N) is 1. The number of nitrogens with zero attached hydrogens (tertiary/aromatic N) is 2. The molecule has 2 aromatic heterocycles. The van der Waals surface area contributed by atoms with Crippen LogP contribution in [0.15, 0.2) is 60.8 Å². The minimum atomic E-state index is -1.44. The predicted octanol–water partition coefficient (Wildman–Crippen LogP) is 4.13. The molecule has 3 N–H and O–H groups in total. The van der Waals surface area contributed by atoms with Gasteiger partial charge in [-0.2, -0.15) is 0 Å². The topological polar surface area (TPSA) is 116 Å². The maximum absolute atomic E-state index is 15.2. The van der Waals surface area contributed by atoms with E-state index in [-0.39, 0.29) is 11.3 Å². The first-order valence-electron chi connectivity index (χ1n) is 12.8. The molecule has 2 aromatic carbocycles. The number of carbonyl (C=O) groups is 2. The maximum Gasteiger partial charge on any atom is 0.241 e. The van der Waals surface area contributed by atoms with E-state index in [0.717, 1.165) is 28.7 Å². The van der Waals surface area contributed by atoms with Crippen LogP contribution < -0.4 is 20.5 Å². The number of ether oxygens (including phenoxy) is 3. The molecule has 1 saturated heterocycles. The zero-order valence-corrected chi connectivity index (χ0v) is 23.0. The van der Waals surface area contributed by atoms with Crippen molar-refractivity contribution in [1.29, 1.82) is 0 Å². The summed E-state index contributed by atoms with van der Waals surface area (Å²) in [6.45, 7) is 3.79. The van der Waals surface area contributed by atoms with E-state index in [9.17, 15) is 9.59 Å². The predicted molar refractivity (Wildman–Crippen MR) is 154 cm³/mol. The van der Waals surface area contributed by atoms with E-state index in [1.165, 1.54) is 30.6 Å². The van der Waals surface area contributed by atoms with Crippen molar-refractivity contribution in [1.82, 2.24) is 9.88 Å². The van der Waals surface area contributed by atoms with Crippen LogP contribution in [-0.2, 0) is 14.3 Å². The van der Waals surface area contributed by atoms with Gasteiger partial charge < -0.3 is 25.3 Å². The Balaban J connectivity index is 1.33. The minimum Gasteiger partial charge on any atom is -0.495 e. The fourth-order valence-corrected chi connectivity index (χ4v) is 5.29. The van der Waals surface area contributed by atoms with Gasteiger partial charge in [-0.15, -0.1) is 11.3 Å². The van der Waals surface area contributed by atoms with Crippen LogP contribution in [0.25, 0.3) is 10.2 Å². The van der Waals surface area contributed by atoms with Crippen LogP contribution in [0, 0.1) is 17.7 Å². The SMILES string of the molecule is COc1ccccc1NC(=O)C(C(N)=O)c1ccc(Oc2ccnc3cc(C#CCN4CCOCC4)sc23)c(F)c1. The molecule has 41 heavy (non-hydrogen) atoms. The van der Waals surface area contributed by atoms with Gasteiger partial charge in [0.15, 0.2) is 11.6 Å². The third kappa shape index (κ3) is 6.63. The number of carbonyl (C=O) groups excluding carboxylic acids is 2. The minimum absolute atomic E-state index is 0.0806. The van der Waals surface area contributed by atoms with Crippen molar-refractivity contribution in [3.63, 3.8) is 0 Å². The maximum atomic E-state index is 15.2. The molecule has 2 amide bonds. The Morgan fingerprint density at radius 1 is 1.15 bits per heavy atom. The number of thiophene rings is 1. The van der Waals surface area contributed by atoms with E-state index in [1.807, 2.05) is 6.07 Å². The molecule has 0 spiro atoms. The summed E-state index contributed by atoms with van der Waals surface area (Å²) in [5.74, 6) is 3.26. The largest absolute Gasteiger partial charge is 0.495 e. The number of halogens is 1. The number of rotatable bonds is 8. The summed E-state index contributed by atoms with van der Waals surface area (Å²) in [5.41, 5.74) is 6.66. The first-order valence-corrected chi connectivity index (χ1v) is 13.6. The van der Waals surface area contributed by atoms with Gasteiger partial charge in [0.25, 0.3) is 0 Å². The Morgan fingerprint density at radius 2 is 1.95 bits per heavy atom. The molecular formula is C30H27FN4O5S. The van der Waals surface area contributed by atoms with Crippen molar-refractivity contribution in [3.05, 3.63) is 77.1 Å². The summed E-state index contributed by atoms with van der Waals surface area (Å²) in [6, 6.07) is 14.1. The summed E-state index contributed by atoms with van der Waals surface area (Å²) in [6.07, 6.45) is 1.58. The fourth-order valence-electron chi connectivity index (χ4n) is 4.35. The van der Waals surface area contributed by atoms with Gasteiger partial charge in [-0.1, -0.05) is 30.0 Å². The number of anilines is 1. The highest BCUT2D eigenvalue weighted by Gasteiger charge is 2.28. The number of fused-ring (bicyclic) bond motifs is 1. The molecule has 1 unspecified atom stereocenters. The summed E-state index contributed by atoms with van der Waals surface area (Å²) < 4.78 is 32.5. The van der Waals surface area contributed by atoms with Crippen molar-refractivity contribution in [3.8, 4) is 29.1 Å². The van der Waals surface area contributed by atoms with E-state index in [4.69, 9.17) is 19.9 Å². The van der Waals surface area contributed by atoms with Gasteiger partial charge in [0.1, 0.15) is 17.4 Å². The molecule has 210 valence electrons. The van der Waals surface area contributed by atoms with Crippen molar-refractivity contribution in [2.45, 2.75) is 5.92 Å². The standard InChI is InChI=1S/C30H27FN4O5S/c1-38-25-7-3-2-6-22(25)34-30(37)27(29(32)36)19-8-9-24(21(31)17-19)40-26-10-11-33-23-18-20(41-28(23)26)5-4-12-35-13-15-39-16-14-35/h2-3,6-11,17-18,27H,12-16H2,1H3,(H2,32,36)(H,34,37). The third-order valence-corrected chi connectivity index (χ3v) is 7.47. The van der Waals surface area contributed by atoms with Crippen LogP contribution in [0.5, 0.6) is 17.2 Å². The number of primary amides is 1. The molecule has 0 bridgehead atoms. The molecule has 0 radical (unpaired) electrons. The van der Waals surface area contributed by atoms with Gasteiger partial charge in [-0.3, -0.25) is 19.5 Å². The highest BCUT2D eigenvalue weighted by molar-refractivity contribution is 7.19. The van der Waals surface area contributed by atoms with Crippen LogP contribution in [-0.4, -0.2) is 61.7 Å². The summed E-state index contributed by atoms with van der Waals surface area (Å²) in [7, 11) is 1.46. The zero-order chi connectivity index (χ0) is 28.8. The van der Waals surface area contributed by atoms with Gasteiger partial charge in [0, 0.05) is 25.4 Å². The second-order valence-corrected chi connectivity index (χ2v) is 10.2. The lowest BCUT2D eigenvalue weighted by Gasteiger charge is -2.24. The van der Waals surface area contributed by atoms with Gasteiger partial charge >= 0.3 is 0 Å². The Kier molecular flexibility index (Phi) is 8.74. The number of amides is 2. The molecule has 1 atom stereocenters. The third-order valence-electron chi connectivity index (χ3n) is 6.41. The average Bonchev–Trinajstić information content (AvgIpc) is 3.39. The van der Waals surface area contributed by atoms with Gasteiger partial charge in [0.2, 0.25) is 11.8 Å². The van der Waals surface area contributed by atoms with Gasteiger partial charge in [-0.25, -0.2) is 4.39 Å². The van der Waals surface area contributed by atoms with Crippen molar-refractivity contribution >= 4 is 39.1 Å². The van der Waals surface area contributed by atoms with Gasteiger partial charge in [0.05, 0.1) is 47.6 Å². The second kappa shape index (κ2) is 12.8. The van der Waals surface area contributed by atoms with E-state index < -0.39 is 23.5 Å². The van der Waals surface area contributed by atoms with Crippen LogP contribution in [0.4, 0.5) is 10.1 Å². The van der Waals surface area contributed by atoms with Crippen LogP contribution in [0.1, 0.15) is 16.4 Å². The molecule has 4 aromatic rings. The number of morpholine rings is 1. The molecule has 3 heterocycles. The fraction of sp³-hybridized carbons (Fsp3) is 0.233.